The lowest BCUT2D eigenvalue weighted by Gasteiger charge is -2.18. The monoisotopic (exact) mass is 835 g/mol. The van der Waals surface area contributed by atoms with Crippen LogP contribution in [-0.4, -0.2) is 37.2 Å². The molecule has 0 aliphatic heterocycles. The molecule has 1 atom stereocenters. The molecule has 0 saturated carbocycles. The van der Waals surface area contributed by atoms with Crippen molar-refractivity contribution in [2.75, 3.05) is 13.2 Å². The summed E-state index contributed by atoms with van der Waals surface area (Å²) in [6.45, 7) is 6.67. The van der Waals surface area contributed by atoms with Gasteiger partial charge in [0.1, 0.15) is 13.2 Å². The highest BCUT2D eigenvalue weighted by atomic mass is 16.6. The molecule has 0 unspecified atom stereocenters. The molecule has 0 bridgehead atoms. The van der Waals surface area contributed by atoms with Crippen molar-refractivity contribution in [2.24, 2.45) is 0 Å². The van der Waals surface area contributed by atoms with Crippen LogP contribution < -0.4 is 0 Å². The molecule has 59 heavy (non-hydrogen) atoms. The third-order valence-electron chi connectivity index (χ3n) is 12.1. The van der Waals surface area contributed by atoms with Crippen LogP contribution in [0.1, 0.15) is 303 Å². The van der Waals surface area contributed by atoms with Gasteiger partial charge in [0.2, 0.25) is 0 Å². The van der Waals surface area contributed by atoms with Crippen LogP contribution in [0.3, 0.4) is 0 Å². The normalized spacial score (nSPS) is 11.8. The first-order valence-electron chi connectivity index (χ1n) is 26.5. The van der Waals surface area contributed by atoms with Crippen LogP contribution in [-0.2, 0) is 28.6 Å². The van der Waals surface area contributed by atoms with Crippen molar-refractivity contribution in [2.45, 2.75) is 309 Å². The smallest absolute Gasteiger partial charge is 0.306 e. The predicted molar refractivity (Wildman–Crippen MR) is 252 cm³/mol. The second-order valence-electron chi connectivity index (χ2n) is 18.2. The fourth-order valence-corrected chi connectivity index (χ4v) is 8.09. The standard InChI is InChI=1S/C53H102O6/c1-4-7-10-13-16-19-22-24-25-26-27-28-30-31-34-37-40-43-46-52(55)58-49-50(48-57-51(54)45-42-39-36-33-21-18-15-12-9-6-3)59-53(56)47-44-41-38-35-32-29-23-20-17-14-11-8-5-2/h50H,4-49H2,1-3H3/t50-/m1/s1. The van der Waals surface area contributed by atoms with E-state index in [0.717, 1.165) is 57.8 Å². The molecule has 0 saturated heterocycles. The van der Waals surface area contributed by atoms with Gasteiger partial charge in [0.05, 0.1) is 0 Å². The minimum absolute atomic E-state index is 0.0617. The van der Waals surface area contributed by atoms with Crippen LogP contribution in [0.5, 0.6) is 0 Å². The van der Waals surface area contributed by atoms with Crippen molar-refractivity contribution in [1.82, 2.24) is 0 Å². The molecule has 0 amide bonds. The van der Waals surface area contributed by atoms with Crippen molar-refractivity contribution < 1.29 is 28.6 Å². The van der Waals surface area contributed by atoms with E-state index in [2.05, 4.69) is 20.8 Å². The zero-order valence-electron chi connectivity index (χ0n) is 40.1. The van der Waals surface area contributed by atoms with E-state index >= 15 is 0 Å². The first-order chi connectivity index (χ1) is 29.0. The number of ether oxygens (including phenoxy) is 3. The fraction of sp³-hybridized carbons (Fsp3) is 0.943. The summed E-state index contributed by atoms with van der Waals surface area (Å²) < 4.78 is 16.8. The summed E-state index contributed by atoms with van der Waals surface area (Å²) >= 11 is 0. The first-order valence-corrected chi connectivity index (χ1v) is 26.5. The molecular formula is C53H102O6. The molecule has 0 fully saturated rings. The van der Waals surface area contributed by atoms with Crippen LogP contribution in [0.4, 0.5) is 0 Å². The summed E-state index contributed by atoms with van der Waals surface area (Å²) in [4.78, 5) is 37.9. The van der Waals surface area contributed by atoms with E-state index in [4.69, 9.17) is 14.2 Å². The number of unbranched alkanes of at least 4 members (excludes halogenated alkanes) is 38. The molecule has 0 rings (SSSR count). The van der Waals surface area contributed by atoms with Gasteiger partial charge in [-0.05, 0) is 19.3 Å². The Bertz CT molecular complexity index is 874. The summed E-state index contributed by atoms with van der Waals surface area (Å²) in [5.74, 6) is -0.841. The number of hydrogen-bond acceptors (Lipinski definition) is 6. The van der Waals surface area contributed by atoms with Crippen LogP contribution in [0.15, 0.2) is 0 Å². The summed E-state index contributed by atoms with van der Waals surface area (Å²) in [6, 6.07) is 0. The van der Waals surface area contributed by atoms with Gasteiger partial charge in [-0.3, -0.25) is 14.4 Å². The van der Waals surface area contributed by atoms with Crippen molar-refractivity contribution in [3.63, 3.8) is 0 Å². The third kappa shape index (κ3) is 47.3. The second kappa shape index (κ2) is 49.1. The van der Waals surface area contributed by atoms with E-state index in [-0.39, 0.29) is 31.1 Å². The third-order valence-corrected chi connectivity index (χ3v) is 12.1. The van der Waals surface area contributed by atoms with Gasteiger partial charge < -0.3 is 14.2 Å². The van der Waals surface area contributed by atoms with E-state index in [9.17, 15) is 14.4 Å². The van der Waals surface area contributed by atoms with Gasteiger partial charge in [-0.25, -0.2) is 0 Å². The molecule has 0 aromatic heterocycles. The molecule has 0 heterocycles. The summed E-state index contributed by atoms with van der Waals surface area (Å²) in [6.07, 6.45) is 52.3. The molecule has 0 aliphatic carbocycles. The Balaban J connectivity index is 4.24. The van der Waals surface area contributed by atoms with Gasteiger partial charge in [0.15, 0.2) is 6.10 Å². The molecule has 0 spiro atoms. The van der Waals surface area contributed by atoms with Crippen molar-refractivity contribution in [3.8, 4) is 0 Å². The zero-order chi connectivity index (χ0) is 43.0. The van der Waals surface area contributed by atoms with Gasteiger partial charge in [-0.2, -0.15) is 0 Å². The van der Waals surface area contributed by atoms with Gasteiger partial charge in [0, 0.05) is 19.3 Å². The maximum Gasteiger partial charge on any atom is 0.306 e. The predicted octanol–water partition coefficient (Wildman–Crippen LogP) is 17.2. The van der Waals surface area contributed by atoms with E-state index in [1.165, 1.54) is 205 Å². The molecular weight excluding hydrogens is 733 g/mol. The van der Waals surface area contributed by atoms with Crippen LogP contribution in [0.25, 0.3) is 0 Å². The highest BCUT2D eigenvalue weighted by Crippen LogP contribution is 2.17. The van der Waals surface area contributed by atoms with Gasteiger partial charge in [-0.1, -0.05) is 265 Å². The number of carbonyl (C=O) groups excluding carboxylic acids is 3. The first kappa shape index (κ1) is 57.4. The molecule has 0 aromatic rings. The van der Waals surface area contributed by atoms with E-state index in [1.807, 2.05) is 0 Å². The van der Waals surface area contributed by atoms with Crippen molar-refractivity contribution in [1.29, 1.82) is 0 Å². The average Bonchev–Trinajstić information content (AvgIpc) is 3.23. The minimum atomic E-state index is -0.759. The lowest BCUT2D eigenvalue weighted by Crippen LogP contribution is -2.30. The number of hydrogen-bond donors (Lipinski definition) is 0. The Morgan fingerprint density at radius 1 is 0.271 bits per heavy atom. The lowest BCUT2D eigenvalue weighted by atomic mass is 10.0. The molecule has 0 radical (unpaired) electrons. The maximum atomic E-state index is 12.8. The molecule has 0 aromatic carbocycles. The van der Waals surface area contributed by atoms with Crippen molar-refractivity contribution in [3.05, 3.63) is 0 Å². The lowest BCUT2D eigenvalue weighted by molar-refractivity contribution is -0.167. The Labute approximate surface area is 368 Å². The fourth-order valence-electron chi connectivity index (χ4n) is 8.09. The van der Waals surface area contributed by atoms with Gasteiger partial charge in [0.25, 0.3) is 0 Å². The molecule has 6 nitrogen and oxygen atoms in total. The Morgan fingerprint density at radius 3 is 0.678 bits per heavy atom. The van der Waals surface area contributed by atoms with Gasteiger partial charge >= 0.3 is 17.9 Å². The minimum Gasteiger partial charge on any atom is -0.462 e. The van der Waals surface area contributed by atoms with E-state index in [1.54, 1.807) is 0 Å². The molecule has 6 heteroatoms. The van der Waals surface area contributed by atoms with Crippen LogP contribution in [0, 0.1) is 0 Å². The number of esters is 3. The number of rotatable bonds is 49. The average molecular weight is 835 g/mol. The van der Waals surface area contributed by atoms with Crippen LogP contribution in [0.2, 0.25) is 0 Å². The Kier molecular flexibility index (Phi) is 47.7. The van der Waals surface area contributed by atoms with E-state index < -0.39 is 6.10 Å². The Hall–Kier alpha value is -1.59. The highest BCUT2D eigenvalue weighted by Gasteiger charge is 2.19. The van der Waals surface area contributed by atoms with E-state index in [0.29, 0.717) is 19.3 Å². The SMILES string of the molecule is CCCCCCCCCCCCCCCCCCCCC(=O)OC[C@@H](COC(=O)CCCCCCCCCCCC)OC(=O)CCCCCCCCCCCCCCC. The summed E-state index contributed by atoms with van der Waals surface area (Å²) in [5.41, 5.74) is 0. The summed E-state index contributed by atoms with van der Waals surface area (Å²) in [5, 5.41) is 0. The summed E-state index contributed by atoms with van der Waals surface area (Å²) in [7, 11) is 0. The van der Waals surface area contributed by atoms with Crippen LogP contribution >= 0.6 is 0 Å². The second-order valence-corrected chi connectivity index (χ2v) is 18.2. The Morgan fingerprint density at radius 2 is 0.458 bits per heavy atom. The quantitative estimate of drug-likeness (QED) is 0.0345. The molecule has 0 aliphatic rings. The van der Waals surface area contributed by atoms with Crippen molar-refractivity contribution >= 4 is 17.9 Å². The zero-order valence-corrected chi connectivity index (χ0v) is 40.1. The maximum absolute atomic E-state index is 12.8. The topological polar surface area (TPSA) is 78.9 Å². The molecule has 350 valence electrons. The molecule has 0 N–H and O–H groups in total. The largest absolute Gasteiger partial charge is 0.462 e. The number of carbonyl (C=O) groups is 3. The van der Waals surface area contributed by atoms with Gasteiger partial charge in [-0.15, -0.1) is 0 Å². The highest BCUT2D eigenvalue weighted by molar-refractivity contribution is 5.71.